The van der Waals surface area contributed by atoms with Gasteiger partial charge in [-0.05, 0) is 43.0 Å². The van der Waals surface area contributed by atoms with Gasteiger partial charge in [0.1, 0.15) is 0 Å². The van der Waals surface area contributed by atoms with E-state index < -0.39 is 9.84 Å². The minimum atomic E-state index is -2.98. The second-order valence-electron chi connectivity index (χ2n) is 5.76. The van der Waals surface area contributed by atoms with Crippen LogP contribution in [0.2, 0.25) is 0 Å². The van der Waals surface area contributed by atoms with Gasteiger partial charge < -0.3 is 10.6 Å². The number of benzene rings is 1. The highest BCUT2D eigenvalue weighted by Gasteiger charge is 2.29. The van der Waals surface area contributed by atoms with Crippen molar-refractivity contribution in [3.63, 3.8) is 0 Å². The lowest BCUT2D eigenvalue weighted by Crippen LogP contribution is -2.34. The summed E-state index contributed by atoms with van der Waals surface area (Å²) in [5, 5.41) is 5.26. The van der Waals surface area contributed by atoms with E-state index in [1.165, 1.54) is 0 Å². The smallest absolute Gasteiger partial charge is 0.243 e. The number of carbonyl (C=O) groups is 2. The molecule has 2 N–H and O–H groups in total. The highest BCUT2D eigenvalue weighted by atomic mass is 79.9. The summed E-state index contributed by atoms with van der Waals surface area (Å²) in [5.74, 6) is -0.548. The molecule has 1 atom stereocenters. The molecule has 6 nitrogen and oxygen atoms in total. The molecule has 1 aliphatic heterocycles. The third kappa shape index (κ3) is 5.62. The molecule has 1 aliphatic rings. The summed E-state index contributed by atoms with van der Waals surface area (Å²) in [6, 6.07) is 5.49. The lowest BCUT2D eigenvalue weighted by molar-refractivity contribution is -0.124. The highest BCUT2D eigenvalue weighted by molar-refractivity contribution is 9.10. The molecule has 23 heavy (non-hydrogen) atoms. The number of carbonyl (C=O) groups excluding carboxylic acids is 2. The number of aryl methyl sites for hydroxylation is 1. The van der Waals surface area contributed by atoms with Crippen molar-refractivity contribution in [3.05, 3.63) is 28.2 Å². The fraction of sp³-hybridized carbons (Fsp3) is 0.467. The van der Waals surface area contributed by atoms with Crippen LogP contribution in [0.25, 0.3) is 0 Å². The maximum atomic E-state index is 11.9. The topological polar surface area (TPSA) is 92.3 Å². The summed E-state index contributed by atoms with van der Waals surface area (Å²) in [7, 11) is -2.98. The van der Waals surface area contributed by atoms with Crippen LogP contribution in [0.3, 0.4) is 0 Å². The molecule has 1 saturated heterocycles. The quantitative estimate of drug-likeness (QED) is 0.782. The van der Waals surface area contributed by atoms with Crippen LogP contribution in [0.15, 0.2) is 22.7 Å². The van der Waals surface area contributed by atoms with Gasteiger partial charge in [0, 0.05) is 16.6 Å². The predicted octanol–water partition coefficient (Wildman–Crippen LogP) is 1.64. The van der Waals surface area contributed by atoms with Gasteiger partial charge in [0.05, 0.1) is 18.1 Å². The van der Waals surface area contributed by atoms with E-state index in [0.717, 1.165) is 10.0 Å². The fourth-order valence-corrected chi connectivity index (χ4v) is 4.85. The normalized spacial score (nSPS) is 19.3. The number of amides is 2. The zero-order chi connectivity index (χ0) is 17.0. The molecule has 1 aromatic carbocycles. The van der Waals surface area contributed by atoms with Crippen molar-refractivity contribution >= 4 is 43.3 Å². The zero-order valence-corrected chi connectivity index (χ0v) is 15.2. The predicted molar refractivity (Wildman–Crippen MR) is 91.9 cm³/mol. The molecular formula is C15H19BrN2O4S. The average Bonchev–Trinajstić information content (AvgIpc) is 2.79. The van der Waals surface area contributed by atoms with Crippen LogP contribution >= 0.6 is 15.9 Å². The molecular weight excluding hydrogens is 384 g/mol. The number of sulfone groups is 1. The lowest BCUT2D eigenvalue weighted by Gasteiger charge is -2.11. The zero-order valence-electron chi connectivity index (χ0n) is 12.8. The maximum Gasteiger partial charge on any atom is 0.243 e. The van der Waals surface area contributed by atoms with Crippen LogP contribution in [0.4, 0.5) is 5.69 Å². The number of nitrogens with one attached hydrogen (secondary N) is 2. The van der Waals surface area contributed by atoms with Crippen LogP contribution in [0.1, 0.15) is 18.4 Å². The third-order valence-electron chi connectivity index (χ3n) is 3.71. The minimum Gasteiger partial charge on any atom is -0.347 e. The molecule has 1 heterocycles. The van der Waals surface area contributed by atoms with E-state index in [1.807, 2.05) is 19.1 Å². The first kappa shape index (κ1) is 17.9. The Balaban J connectivity index is 1.77. The summed E-state index contributed by atoms with van der Waals surface area (Å²) in [4.78, 5) is 23.6. The van der Waals surface area contributed by atoms with Crippen LogP contribution in [0.5, 0.6) is 0 Å². The van der Waals surface area contributed by atoms with Gasteiger partial charge in [-0.3, -0.25) is 9.59 Å². The summed E-state index contributed by atoms with van der Waals surface area (Å²) in [6.07, 6.45) is 0.657. The SMILES string of the molecule is Cc1cc(Br)ccc1NC(=O)CNC(=O)C[C@H]1CCS(=O)(=O)C1. The molecule has 126 valence electrons. The first-order valence-corrected chi connectivity index (χ1v) is 9.90. The van der Waals surface area contributed by atoms with E-state index in [-0.39, 0.29) is 42.2 Å². The van der Waals surface area contributed by atoms with Gasteiger partial charge in [-0.25, -0.2) is 8.42 Å². The summed E-state index contributed by atoms with van der Waals surface area (Å²) >= 11 is 3.35. The van der Waals surface area contributed by atoms with E-state index in [1.54, 1.807) is 6.07 Å². The highest BCUT2D eigenvalue weighted by Crippen LogP contribution is 2.21. The van der Waals surface area contributed by atoms with E-state index in [4.69, 9.17) is 0 Å². The monoisotopic (exact) mass is 402 g/mol. The van der Waals surface area contributed by atoms with Gasteiger partial charge in [0.15, 0.2) is 9.84 Å². The third-order valence-corrected chi connectivity index (χ3v) is 6.04. The molecule has 2 rings (SSSR count). The molecule has 0 radical (unpaired) electrons. The Labute approximate surface area is 144 Å². The van der Waals surface area contributed by atoms with Gasteiger partial charge in [0.25, 0.3) is 0 Å². The first-order chi connectivity index (χ1) is 10.7. The fourth-order valence-electron chi connectivity index (χ4n) is 2.51. The van der Waals surface area contributed by atoms with Gasteiger partial charge in [-0.1, -0.05) is 15.9 Å². The standard InChI is InChI=1S/C15H19BrN2O4S/c1-10-6-12(16)2-3-13(10)18-15(20)8-17-14(19)7-11-4-5-23(21,22)9-11/h2-3,6,11H,4-5,7-9H2,1H3,(H,17,19)(H,18,20)/t11-/m1/s1. The molecule has 0 bridgehead atoms. The van der Waals surface area contributed by atoms with Crippen molar-refractivity contribution in [3.8, 4) is 0 Å². The van der Waals surface area contributed by atoms with E-state index in [2.05, 4.69) is 26.6 Å². The largest absolute Gasteiger partial charge is 0.347 e. The van der Waals surface area contributed by atoms with Crippen molar-refractivity contribution in [2.75, 3.05) is 23.4 Å². The van der Waals surface area contributed by atoms with Gasteiger partial charge in [-0.15, -0.1) is 0 Å². The molecule has 1 aromatic rings. The molecule has 0 aliphatic carbocycles. The Morgan fingerprint density at radius 3 is 2.65 bits per heavy atom. The molecule has 0 saturated carbocycles. The number of hydrogen-bond donors (Lipinski definition) is 2. The Hall–Kier alpha value is -1.41. The number of hydrogen-bond acceptors (Lipinski definition) is 4. The first-order valence-electron chi connectivity index (χ1n) is 7.28. The molecule has 2 amide bonds. The Kier molecular flexibility index (Phi) is 5.80. The van der Waals surface area contributed by atoms with Crippen molar-refractivity contribution in [2.45, 2.75) is 19.8 Å². The average molecular weight is 403 g/mol. The van der Waals surface area contributed by atoms with E-state index in [0.29, 0.717) is 12.1 Å². The lowest BCUT2D eigenvalue weighted by atomic mass is 10.1. The van der Waals surface area contributed by atoms with E-state index >= 15 is 0 Å². The maximum absolute atomic E-state index is 11.9. The summed E-state index contributed by atoms with van der Waals surface area (Å²) in [5.41, 5.74) is 1.60. The van der Waals surface area contributed by atoms with Crippen LogP contribution in [-0.2, 0) is 19.4 Å². The molecule has 8 heteroatoms. The number of halogens is 1. The Bertz CT molecular complexity index is 718. The van der Waals surface area contributed by atoms with Crippen LogP contribution < -0.4 is 10.6 Å². The van der Waals surface area contributed by atoms with Crippen molar-refractivity contribution in [1.29, 1.82) is 0 Å². The van der Waals surface area contributed by atoms with Gasteiger partial charge in [-0.2, -0.15) is 0 Å². The second-order valence-corrected chi connectivity index (χ2v) is 8.90. The van der Waals surface area contributed by atoms with Crippen molar-refractivity contribution in [2.24, 2.45) is 5.92 Å². The van der Waals surface area contributed by atoms with Gasteiger partial charge in [0.2, 0.25) is 11.8 Å². The Morgan fingerprint density at radius 1 is 1.30 bits per heavy atom. The molecule has 0 spiro atoms. The molecule has 0 unspecified atom stereocenters. The van der Waals surface area contributed by atoms with Gasteiger partial charge >= 0.3 is 0 Å². The van der Waals surface area contributed by atoms with Crippen LogP contribution in [0, 0.1) is 12.8 Å². The summed E-state index contributed by atoms with van der Waals surface area (Å²) in [6.45, 7) is 1.74. The second kappa shape index (κ2) is 7.44. The molecule has 1 fully saturated rings. The molecule has 0 aromatic heterocycles. The van der Waals surface area contributed by atoms with Crippen LogP contribution in [-0.4, -0.2) is 38.3 Å². The van der Waals surface area contributed by atoms with Crippen molar-refractivity contribution < 1.29 is 18.0 Å². The Morgan fingerprint density at radius 2 is 2.04 bits per heavy atom. The van der Waals surface area contributed by atoms with E-state index in [9.17, 15) is 18.0 Å². The minimum absolute atomic E-state index is 0.0602. The number of rotatable bonds is 5. The van der Waals surface area contributed by atoms with Crippen molar-refractivity contribution in [1.82, 2.24) is 5.32 Å². The summed E-state index contributed by atoms with van der Waals surface area (Å²) < 4.78 is 23.6. The number of anilines is 1.